The van der Waals surface area contributed by atoms with Crippen molar-refractivity contribution in [1.29, 1.82) is 0 Å². The van der Waals surface area contributed by atoms with Crippen molar-refractivity contribution in [2.24, 2.45) is 7.05 Å². The molecule has 1 amide bonds. The van der Waals surface area contributed by atoms with Crippen molar-refractivity contribution in [3.05, 3.63) is 53.7 Å². The average Bonchev–Trinajstić information content (AvgIpc) is 3.22. The first-order valence-electron chi connectivity index (χ1n) is 8.93. The standard InChI is InChI=1S/C19H21F2N5O.ClH/c1-25-9-12(7-23-25)10-26-11-13(18-14(20)3-2-4-17(18)26)19(27)24-16-5-6-22-8-15(16)21;/h2-4,7,9,11,15-16,22H,5-6,8,10H2,1H3,(H,24,27);1H. The number of alkyl halides is 1. The number of rotatable bonds is 4. The number of carbonyl (C=O) groups excluding carboxylic acids is 1. The third kappa shape index (κ3) is 3.88. The third-order valence-corrected chi connectivity index (χ3v) is 4.94. The quantitative estimate of drug-likeness (QED) is 0.695. The van der Waals surface area contributed by atoms with Crippen LogP contribution in [0, 0.1) is 5.82 Å². The normalized spacial score (nSPS) is 19.4. The number of hydrogen-bond acceptors (Lipinski definition) is 3. The largest absolute Gasteiger partial charge is 0.346 e. The number of amides is 1. The minimum atomic E-state index is -1.16. The molecular weight excluding hydrogens is 388 g/mol. The Kier molecular flexibility index (Phi) is 6.00. The van der Waals surface area contributed by atoms with Crippen LogP contribution in [-0.2, 0) is 13.6 Å². The highest BCUT2D eigenvalue weighted by atomic mass is 35.5. The Morgan fingerprint density at radius 3 is 2.93 bits per heavy atom. The van der Waals surface area contributed by atoms with E-state index in [1.165, 1.54) is 6.07 Å². The summed E-state index contributed by atoms with van der Waals surface area (Å²) in [5.74, 6) is -0.922. The number of nitrogens with one attached hydrogen (secondary N) is 2. The van der Waals surface area contributed by atoms with Crippen molar-refractivity contribution in [3.63, 3.8) is 0 Å². The maximum atomic E-state index is 14.5. The van der Waals surface area contributed by atoms with Gasteiger partial charge in [0.25, 0.3) is 5.91 Å². The Balaban J connectivity index is 0.00000225. The van der Waals surface area contributed by atoms with Crippen LogP contribution < -0.4 is 10.6 Å². The Bertz CT molecular complexity index is 986. The first-order valence-corrected chi connectivity index (χ1v) is 8.93. The van der Waals surface area contributed by atoms with Gasteiger partial charge in [0.05, 0.1) is 29.9 Å². The zero-order chi connectivity index (χ0) is 19.0. The highest BCUT2D eigenvalue weighted by Crippen LogP contribution is 2.26. The summed E-state index contributed by atoms with van der Waals surface area (Å²) < 4.78 is 32.1. The van der Waals surface area contributed by atoms with E-state index in [-0.39, 0.29) is 29.9 Å². The molecule has 3 aromatic rings. The average molecular weight is 410 g/mol. The maximum absolute atomic E-state index is 14.5. The first-order chi connectivity index (χ1) is 13.0. The number of hydrogen-bond donors (Lipinski definition) is 2. The van der Waals surface area contributed by atoms with Crippen LogP contribution >= 0.6 is 12.4 Å². The number of nitrogens with zero attached hydrogens (tertiary/aromatic N) is 3. The second-order valence-corrected chi connectivity index (χ2v) is 6.92. The molecule has 1 fully saturated rings. The number of halogens is 3. The van der Waals surface area contributed by atoms with E-state index in [1.54, 1.807) is 29.2 Å². The zero-order valence-electron chi connectivity index (χ0n) is 15.4. The number of piperidine rings is 1. The molecule has 2 unspecified atom stereocenters. The van der Waals surface area contributed by atoms with E-state index in [4.69, 9.17) is 0 Å². The second kappa shape index (κ2) is 8.28. The molecule has 150 valence electrons. The summed E-state index contributed by atoms with van der Waals surface area (Å²) >= 11 is 0. The molecule has 0 aliphatic carbocycles. The van der Waals surface area contributed by atoms with Crippen molar-refractivity contribution in [2.75, 3.05) is 13.1 Å². The van der Waals surface area contributed by atoms with Crippen LogP contribution in [-0.4, -0.2) is 45.6 Å². The molecule has 2 atom stereocenters. The molecule has 6 nitrogen and oxygen atoms in total. The Labute approximate surface area is 167 Å². The highest BCUT2D eigenvalue weighted by molar-refractivity contribution is 6.07. The van der Waals surface area contributed by atoms with Crippen molar-refractivity contribution in [3.8, 4) is 0 Å². The van der Waals surface area contributed by atoms with Crippen molar-refractivity contribution in [2.45, 2.75) is 25.2 Å². The van der Waals surface area contributed by atoms with E-state index >= 15 is 0 Å². The van der Waals surface area contributed by atoms with Crippen molar-refractivity contribution >= 4 is 29.2 Å². The van der Waals surface area contributed by atoms with Gasteiger partial charge in [-0.2, -0.15) is 5.10 Å². The molecule has 0 saturated carbocycles. The number of aryl methyl sites for hydroxylation is 1. The van der Waals surface area contributed by atoms with Gasteiger partial charge in [0, 0.05) is 36.9 Å². The number of aromatic nitrogens is 3. The summed E-state index contributed by atoms with van der Waals surface area (Å²) in [7, 11) is 1.82. The van der Waals surface area contributed by atoms with Gasteiger partial charge in [-0.25, -0.2) is 8.78 Å². The lowest BCUT2D eigenvalue weighted by Gasteiger charge is -2.27. The fraction of sp³-hybridized carbons (Fsp3) is 0.368. The van der Waals surface area contributed by atoms with Crippen LogP contribution in [0.5, 0.6) is 0 Å². The minimum absolute atomic E-state index is 0. The zero-order valence-corrected chi connectivity index (χ0v) is 16.2. The van der Waals surface area contributed by atoms with Crippen LogP contribution in [0.3, 0.4) is 0 Å². The van der Waals surface area contributed by atoms with Crippen LogP contribution in [0.2, 0.25) is 0 Å². The number of benzene rings is 1. The summed E-state index contributed by atoms with van der Waals surface area (Å²) in [5, 5.41) is 10.1. The molecule has 0 spiro atoms. The van der Waals surface area contributed by atoms with Gasteiger partial charge in [-0.3, -0.25) is 9.48 Å². The molecule has 1 aliphatic heterocycles. The summed E-state index contributed by atoms with van der Waals surface area (Å²) in [6.07, 6.45) is 4.58. The molecule has 1 aromatic carbocycles. The molecule has 9 heteroatoms. The lowest BCUT2D eigenvalue weighted by Crippen LogP contribution is -2.50. The van der Waals surface area contributed by atoms with Crippen LogP contribution in [0.25, 0.3) is 10.9 Å². The second-order valence-electron chi connectivity index (χ2n) is 6.92. The van der Waals surface area contributed by atoms with Gasteiger partial charge in [-0.05, 0) is 25.1 Å². The van der Waals surface area contributed by atoms with Gasteiger partial charge in [0.15, 0.2) is 0 Å². The van der Waals surface area contributed by atoms with Crippen LogP contribution in [0.15, 0.2) is 36.8 Å². The smallest absolute Gasteiger partial charge is 0.253 e. The lowest BCUT2D eigenvalue weighted by atomic mass is 10.0. The van der Waals surface area contributed by atoms with Gasteiger partial charge < -0.3 is 15.2 Å². The summed E-state index contributed by atoms with van der Waals surface area (Å²) in [4.78, 5) is 12.8. The first kappa shape index (κ1) is 20.3. The Morgan fingerprint density at radius 2 is 2.21 bits per heavy atom. The van der Waals surface area contributed by atoms with Gasteiger partial charge in [0.1, 0.15) is 12.0 Å². The van der Waals surface area contributed by atoms with E-state index < -0.39 is 23.9 Å². The molecule has 3 heterocycles. The van der Waals surface area contributed by atoms with Gasteiger partial charge in [-0.1, -0.05) is 6.07 Å². The predicted octanol–water partition coefficient (Wildman–Crippen LogP) is 2.41. The van der Waals surface area contributed by atoms with E-state index in [0.29, 0.717) is 25.0 Å². The number of fused-ring (bicyclic) bond motifs is 1. The van der Waals surface area contributed by atoms with E-state index in [2.05, 4.69) is 15.7 Å². The Hall–Kier alpha value is -2.45. The van der Waals surface area contributed by atoms with Gasteiger partial charge in [0.2, 0.25) is 0 Å². The molecule has 1 saturated heterocycles. The van der Waals surface area contributed by atoms with Crippen molar-refractivity contribution in [1.82, 2.24) is 25.0 Å². The minimum Gasteiger partial charge on any atom is -0.346 e. The lowest BCUT2D eigenvalue weighted by molar-refractivity contribution is 0.0893. The topological polar surface area (TPSA) is 63.9 Å². The number of carbonyl (C=O) groups is 1. The van der Waals surface area contributed by atoms with Crippen LogP contribution in [0.1, 0.15) is 22.3 Å². The van der Waals surface area contributed by atoms with E-state index in [1.807, 2.05) is 17.8 Å². The maximum Gasteiger partial charge on any atom is 0.253 e. The van der Waals surface area contributed by atoms with Crippen molar-refractivity contribution < 1.29 is 13.6 Å². The third-order valence-electron chi connectivity index (χ3n) is 4.94. The summed E-state index contributed by atoms with van der Waals surface area (Å²) in [6.45, 7) is 1.31. The molecule has 2 N–H and O–H groups in total. The van der Waals surface area contributed by atoms with Crippen LogP contribution in [0.4, 0.5) is 8.78 Å². The highest BCUT2D eigenvalue weighted by Gasteiger charge is 2.28. The fourth-order valence-electron chi connectivity index (χ4n) is 3.59. The molecule has 1 aliphatic rings. The predicted molar refractivity (Wildman–Crippen MR) is 105 cm³/mol. The van der Waals surface area contributed by atoms with Gasteiger partial charge >= 0.3 is 0 Å². The molecule has 4 rings (SSSR count). The van der Waals surface area contributed by atoms with E-state index in [0.717, 1.165) is 5.56 Å². The monoisotopic (exact) mass is 409 g/mol. The summed E-state index contributed by atoms with van der Waals surface area (Å²) in [6, 6.07) is 4.15. The molecule has 28 heavy (non-hydrogen) atoms. The molecule has 0 bridgehead atoms. The van der Waals surface area contributed by atoms with E-state index in [9.17, 15) is 13.6 Å². The van der Waals surface area contributed by atoms with Gasteiger partial charge in [-0.15, -0.1) is 12.4 Å². The molecule has 0 radical (unpaired) electrons. The molecular formula is C19H22ClF2N5O. The Morgan fingerprint density at radius 1 is 1.39 bits per heavy atom. The molecule has 2 aromatic heterocycles. The summed E-state index contributed by atoms with van der Waals surface area (Å²) in [5.41, 5.74) is 1.77. The fourth-order valence-corrected chi connectivity index (χ4v) is 3.59. The SMILES string of the molecule is Cl.Cn1cc(Cn2cc(C(=O)NC3CCNCC3F)c3c(F)cccc32)cn1.